The molecule has 0 radical (unpaired) electrons. The number of aliphatic hydroxyl groups excluding tert-OH is 1. The number of carbonyl (C=O) groups is 1. The van der Waals surface area contributed by atoms with Gasteiger partial charge >= 0.3 is 0 Å². The van der Waals surface area contributed by atoms with Gasteiger partial charge in [-0.15, -0.1) is 11.3 Å². The predicted octanol–water partition coefficient (Wildman–Crippen LogP) is 0.980. The van der Waals surface area contributed by atoms with Crippen LogP contribution in [0.5, 0.6) is 0 Å². The second-order valence-electron chi connectivity index (χ2n) is 4.91. The molecule has 5 nitrogen and oxygen atoms in total. The van der Waals surface area contributed by atoms with E-state index in [1.165, 1.54) is 11.3 Å². The summed E-state index contributed by atoms with van der Waals surface area (Å²) in [7, 11) is 0. The number of aromatic nitrogens is 1. The van der Waals surface area contributed by atoms with Crippen LogP contribution in [-0.4, -0.2) is 64.6 Å². The molecule has 0 aliphatic carbocycles. The summed E-state index contributed by atoms with van der Waals surface area (Å²) in [5, 5.41) is 12.4. The van der Waals surface area contributed by atoms with Crippen molar-refractivity contribution in [3.8, 4) is 0 Å². The van der Waals surface area contributed by atoms with E-state index in [1.54, 1.807) is 0 Å². The zero-order chi connectivity index (χ0) is 13.8. The SMILES string of the molecule is CC[C@H](O)CN1CCN(C(=O)c2csc(C)n2)CC1. The van der Waals surface area contributed by atoms with Gasteiger partial charge in [0.05, 0.1) is 11.1 Å². The normalized spacial score (nSPS) is 18.6. The van der Waals surface area contributed by atoms with E-state index < -0.39 is 0 Å². The van der Waals surface area contributed by atoms with Crippen LogP contribution in [0.1, 0.15) is 28.8 Å². The molecule has 2 heterocycles. The number of carbonyl (C=O) groups excluding carboxylic acids is 1. The van der Waals surface area contributed by atoms with Gasteiger partial charge in [-0.3, -0.25) is 9.69 Å². The van der Waals surface area contributed by atoms with E-state index in [2.05, 4.69) is 9.88 Å². The number of β-amino-alcohol motifs (C(OH)–C–C–N with tert-alkyl or cyclic N) is 1. The number of aryl methyl sites for hydroxylation is 1. The minimum atomic E-state index is -0.261. The van der Waals surface area contributed by atoms with Crippen LogP contribution in [0.4, 0.5) is 0 Å². The Kier molecular flexibility index (Phi) is 4.90. The number of thiazole rings is 1. The van der Waals surface area contributed by atoms with E-state index in [1.807, 2.05) is 24.1 Å². The van der Waals surface area contributed by atoms with E-state index >= 15 is 0 Å². The minimum Gasteiger partial charge on any atom is -0.392 e. The van der Waals surface area contributed by atoms with Gasteiger partial charge in [-0.1, -0.05) is 6.92 Å². The first-order valence-electron chi connectivity index (χ1n) is 6.72. The fourth-order valence-corrected chi connectivity index (χ4v) is 2.77. The van der Waals surface area contributed by atoms with Crippen LogP contribution in [0, 0.1) is 6.92 Å². The van der Waals surface area contributed by atoms with Crippen molar-refractivity contribution in [1.82, 2.24) is 14.8 Å². The molecule has 6 heteroatoms. The Bertz CT molecular complexity index is 427. The largest absolute Gasteiger partial charge is 0.392 e. The summed E-state index contributed by atoms with van der Waals surface area (Å²) in [6, 6.07) is 0. The lowest BCUT2D eigenvalue weighted by Gasteiger charge is -2.35. The van der Waals surface area contributed by atoms with Crippen molar-refractivity contribution in [2.45, 2.75) is 26.4 Å². The monoisotopic (exact) mass is 283 g/mol. The summed E-state index contributed by atoms with van der Waals surface area (Å²) >= 11 is 1.51. The van der Waals surface area contributed by atoms with Gasteiger partial charge in [-0.05, 0) is 13.3 Å². The Morgan fingerprint density at radius 3 is 2.68 bits per heavy atom. The van der Waals surface area contributed by atoms with Gasteiger partial charge in [0.15, 0.2) is 0 Å². The molecule has 1 N–H and O–H groups in total. The van der Waals surface area contributed by atoms with E-state index in [0.717, 1.165) is 24.5 Å². The molecule has 2 rings (SSSR count). The molecule has 1 aliphatic heterocycles. The number of hydrogen-bond acceptors (Lipinski definition) is 5. The van der Waals surface area contributed by atoms with Crippen molar-refractivity contribution in [2.75, 3.05) is 32.7 Å². The van der Waals surface area contributed by atoms with Crippen molar-refractivity contribution in [3.63, 3.8) is 0 Å². The maximum atomic E-state index is 12.2. The zero-order valence-corrected chi connectivity index (χ0v) is 12.3. The first-order valence-corrected chi connectivity index (χ1v) is 7.60. The number of rotatable bonds is 4. The average Bonchev–Trinajstić information content (AvgIpc) is 2.85. The topological polar surface area (TPSA) is 56.7 Å². The highest BCUT2D eigenvalue weighted by atomic mass is 32.1. The van der Waals surface area contributed by atoms with Crippen LogP contribution in [0.2, 0.25) is 0 Å². The summed E-state index contributed by atoms with van der Waals surface area (Å²) in [4.78, 5) is 20.5. The summed E-state index contributed by atoms with van der Waals surface area (Å²) < 4.78 is 0. The van der Waals surface area contributed by atoms with Gasteiger partial charge in [-0.2, -0.15) is 0 Å². The molecule has 0 saturated carbocycles. The Hall–Kier alpha value is -0.980. The molecule has 19 heavy (non-hydrogen) atoms. The summed E-state index contributed by atoms with van der Waals surface area (Å²) in [6.07, 6.45) is 0.514. The predicted molar refractivity (Wildman–Crippen MR) is 75.5 cm³/mol. The molecule has 1 fully saturated rings. The zero-order valence-electron chi connectivity index (χ0n) is 11.5. The third-order valence-electron chi connectivity index (χ3n) is 3.44. The van der Waals surface area contributed by atoms with Gasteiger partial charge in [-0.25, -0.2) is 4.98 Å². The molecular formula is C13H21N3O2S. The molecular weight excluding hydrogens is 262 g/mol. The van der Waals surface area contributed by atoms with Crippen LogP contribution in [0.3, 0.4) is 0 Å². The molecule has 0 aromatic carbocycles. The summed E-state index contributed by atoms with van der Waals surface area (Å²) in [6.45, 7) is 7.67. The molecule has 0 unspecified atom stereocenters. The maximum absolute atomic E-state index is 12.2. The van der Waals surface area contributed by atoms with E-state index in [4.69, 9.17) is 0 Å². The highest BCUT2D eigenvalue weighted by molar-refractivity contribution is 7.09. The molecule has 1 aliphatic rings. The molecule has 1 saturated heterocycles. The quantitative estimate of drug-likeness (QED) is 0.895. The Labute approximate surface area is 117 Å². The molecule has 1 aromatic rings. The molecule has 1 amide bonds. The van der Waals surface area contributed by atoms with Gasteiger partial charge in [0.1, 0.15) is 5.69 Å². The number of aliphatic hydroxyl groups is 1. The maximum Gasteiger partial charge on any atom is 0.273 e. The smallest absolute Gasteiger partial charge is 0.273 e. The van der Waals surface area contributed by atoms with Crippen molar-refractivity contribution >= 4 is 17.2 Å². The lowest BCUT2D eigenvalue weighted by Crippen LogP contribution is -2.50. The van der Waals surface area contributed by atoms with Gasteiger partial charge in [0, 0.05) is 38.1 Å². The lowest BCUT2D eigenvalue weighted by molar-refractivity contribution is 0.0520. The van der Waals surface area contributed by atoms with Crippen molar-refractivity contribution in [1.29, 1.82) is 0 Å². The molecule has 0 bridgehead atoms. The third kappa shape index (κ3) is 3.75. The average molecular weight is 283 g/mol. The van der Waals surface area contributed by atoms with Crippen LogP contribution >= 0.6 is 11.3 Å². The van der Waals surface area contributed by atoms with Crippen LogP contribution < -0.4 is 0 Å². The van der Waals surface area contributed by atoms with Crippen molar-refractivity contribution in [2.24, 2.45) is 0 Å². The Morgan fingerprint density at radius 2 is 2.16 bits per heavy atom. The Morgan fingerprint density at radius 1 is 1.47 bits per heavy atom. The first-order chi connectivity index (χ1) is 9.10. The fraction of sp³-hybridized carbons (Fsp3) is 0.692. The standard InChI is InChI=1S/C13H21N3O2S/c1-3-11(17)8-15-4-6-16(7-5-15)13(18)12-9-19-10(2)14-12/h9,11,17H,3-8H2,1-2H3/t11-/m0/s1. The summed E-state index contributed by atoms with van der Waals surface area (Å²) in [5.74, 6) is 0.0278. The van der Waals surface area contributed by atoms with Crippen molar-refractivity contribution in [3.05, 3.63) is 16.1 Å². The molecule has 1 aromatic heterocycles. The second-order valence-corrected chi connectivity index (χ2v) is 5.97. The lowest BCUT2D eigenvalue weighted by atomic mass is 10.2. The highest BCUT2D eigenvalue weighted by Gasteiger charge is 2.24. The first kappa shape index (κ1) is 14.4. The van der Waals surface area contributed by atoms with E-state index in [0.29, 0.717) is 25.3 Å². The third-order valence-corrected chi connectivity index (χ3v) is 4.21. The number of nitrogens with zero attached hydrogens (tertiary/aromatic N) is 3. The molecule has 0 spiro atoms. The number of hydrogen-bond donors (Lipinski definition) is 1. The van der Waals surface area contributed by atoms with Crippen LogP contribution in [0.15, 0.2) is 5.38 Å². The highest BCUT2D eigenvalue weighted by Crippen LogP contribution is 2.12. The van der Waals surface area contributed by atoms with E-state index in [-0.39, 0.29) is 12.0 Å². The van der Waals surface area contributed by atoms with Gasteiger partial charge in [0.25, 0.3) is 5.91 Å². The van der Waals surface area contributed by atoms with Gasteiger partial charge in [0.2, 0.25) is 0 Å². The van der Waals surface area contributed by atoms with Gasteiger partial charge < -0.3 is 10.0 Å². The second kappa shape index (κ2) is 6.45. The number of piperazine rings is 1. The van der Waals surface area contributed by atoms with Crippen LogP contribution in [-0.2, 0) is 0 Å². The minimum absolute atomic E-state index is 0.0278. The Balaban J connectivity index is 1.84. The summed E-state index contributed by atoms with van der Waals surface area (Å²) in [5.41, 5.74) is 0.560. The molecule has 106 valence electrons. The van der Waals surface area contributed by atoms with Crippen LogP contribution in [0.25, 0.3) is 0 Å². The van der Waals surface area contributed by atoms with Crippen molar-refractivity contribution < 1.29 is 9.90 Å². The number of amides is 1. The molecule has 1 atom stereocenters. The fourth-order valence-electron chi connectivity index (χ4n) is 2.18. The van der Waals surface area contributed by atoms with E-state index in [9.17, 15) is 9.90 Å².